The third kappa shape index (κ3) is 3.71. The maximum Gasteiger partial charge on any atom is 0.0991 e. The number of nitrogens with one attached hydrogen (secondary N) is 1. The average molecular weight is 278 g/mol. The molecule has 0 radical (unpaired) electrons. The van der Waals surface area contributed by atoms with Gasteiger partial charge < -0.3 is 5.32 Å². The van der Waals surface area contributed by atoms with Crippen molar-refractivity contribution in [1.29, 1.82) is 5.26 Å². The molecule has 0 aliphatic carbocycles. The highest BCUT2D eigenvalue weighted by Crippen LogP contribution is 2.23. The molecule has 2 aromatic carbocycles. The lowest BCUT2D eigenvalue weighted by Crippen LogP contribution is -2.23. The van der Waals surface area contributed by atoms with Gasteiger partial charge >= 0.3 is 0 Å². The van der Waals surface area contributed by atoms with Crippen LogP contribution in [0.2, 0.25) is 0 Å². The fourth-order valence-electron chi connectivity index (χ4n) is 2.63. The summed E-state index contributed by atoms with van der Waals surface area (Å²) in [5.41, 5.74) is 5.85. The van der Waals surface area contributed by atoms with E-state index < -0.39 is 0 Å². The minimum atomic E-state index is 0.243. The van der Waals surface area contributed by atoms with Crippen LogP contribution < -0.4 is 5.32 Å². The molecule has 0 fully saturated rings. The topological polar surface area (TPSA) is 35.8 Å². The molecule has 0 spiro atoms. The SMILES string of the molecule is Cc1ccc(C)c(C(C)NC(C)c2ccc(C#N)cc2)c1. The second-order valence-electron chi connectivity index (χ2n) is 5.70. The van der Waals surface area contributed by atoms with Crippen molar-refractivity contribution in [3.63, 3.8) is 0 Å². The maximum atomic E-state index is 8.85. The molecule has 2 aromatic rings. The van der Waals surface area contributed by atoms with Crippen molar-refractivity contribution in [2.24, 2.45) is 0 Å². The molecule has 2 atom stereocenters. The van der Waals surface area contributed by atoms with Crippen molar-refractivity contribution < 1.29 is 0 Å². The van der Waals surface area contributed by atoms with E-state index in [0.29, 0.717) is 5.56 Å². The van der Waals surface area contributed by atoms with Crippen LogP contribution in [0.3, 0.4) is 0 Å². The lowest BCUT2D eigenvalue weighted by Gasteiger charge is -2.22. The zero-order valence-corrected chi connectivity index (χ0v) is 13.1. The van der Waals surface area contributed by atoms with Gasteiger partial charge in [0, 0.05) is 12.1 Å². The first-order valence-electron chi connectivity index (χ1n) is 7.34. The van der Waals surface area contributed by atoms with Crippen LogP contribution in [0.1, 0.15) is 53.7 Å². The van der Waals surface area contributed by atoms with Gasteiger partial charge in [0.2, 0.25) is 0 Å². The average Bonchev–Trinajstić information content (AvgIpc) is 2.49. The van der Waals surface area contributed by atoms with Gasteiger partial charge in [-0.1, -0.05) is 35.9 Å². The predicted octanol–water partition coefficient (Wildman–Crippen LogP) is 4.59. The molecule has 1 N–H and O–H groups in total. The Morgan fingerprint density at radius 1 is 0.952 bits per heavy atom. The van der Waals surface area contributed by atoms with Gasteiger partial charge in [-0.2, -0.15) is 5.26 Å². The Kier molecular flexibility index (Phi) is 4.77. The number of hydrogen-bond acceptors (Lipinski definition) is 2. The zero-order valence-electron chi connectivity index (χ0n) is 13.1. The molecule has 0 aliphatic rings. The van der Waals surface area contributed by atoms with Crippen molar-refractivity contribution >= 4 is 0 Å². The van der Waals surface area contributed by atoms with Crippen LogP contribution in [0.4, 0.5) is 0 Å². The van der Waals surface area contributed by atoms with Gasteiger partial charge in [-0.15, -0.1) is 0 Å². The van der Waals surface area contributed by atoms with Crippen molar-refractivity contribution in [2.45, 2.75) is 39.8 Å². The monoisotopic (exact) mass is 278 g/mol. The number of rotatable bonds is 4. The maximum absolute atomic E-state index is 8.85. The van der Waals surface area contributed by atoms with Crippen LogP contribution in [0, 0.1) is 25.2 Å². The van der Waals surface area contributed by atoms with E-state index >= 15 is 0 Å². The molecule has 0 saturated heterocycles. The van der Waals surface area contributed by atoms with Crippen molar-refractivity contribution in [3.8, 4) is 6.07 Å². The highest BCUT2D eigenvalue weighted by Gasteiger charge is 2.13. The summed E-state index contributed by atoms with van der Waals surface area (Å²) in [6, 6.07) is 17.0. The van der Waals surface area contributed by atoms with Crippen molar-refractivity contribution in [2.75, 3.05) is 0 Å². The molecule has 0 heterocycles. The fourth-order valence-corrected chi connectivity index (χ4v) is 2.63. The van der Waals surface area contributed by atoms with Gasteiger partial charge in [-0.05, 0) is 56.5 Å². The van der Waals surface area contributed by atoms with E-state index in [1.807, 2.05) is 24.3 Å². The third-order valence-electron chi connectivity index (χ3n) is 3.94. The van der Waals surface area contributed by atoms with Crippen molar-refractivity contribution in [1.82, 2.24) is 5.32 Å². The van der Waals surface area contributed by atoms with Crippen LogP contribution in [-0.2, 0) is 0 Å². The first-order valence-corrected chi connectivity index (χ1v) is 7.34. The van der Waals surface area contributed by atoms with Gasteiger partial charge in [-0.25, -0.2) is 0 Å². The first kappa shape index (κ1) is 15.3. The summed E-state index contributed by atoms with van der Waals surface area (Å²) in [5.74, 6) is 0. The van der Waals surface area contributed by atoms with E-state index in [1.54, 1.807) is 0 Å². The Balaban J connectivity index is 2.12. The van der Waals surface area contributed by atoms with Crippen LogP contribution in [0.15, 0.2) is 42.5 Å². The molecular formula is C19H22N2. The number of hydrogen-bond donors (Lipinski definition) is 1. The van der Waals surface area contributed by atoms with Crippen LogP contribution >= 0.6 is 0 Å². The summed E-state index contributed by atoms with van der Waals surface area (Å²) < 4.78 is 0. The lowest BCUT2D eigenvalue weighted by molar-refractivity contribution is 0.493. The van der Waals surface area contributed by atoms with Gasteiger partial charge in [0.05, 0.1) is 11.6 Å². The molecule has 0 amide bonds. The summed E-state index contributed by atoms with van der Waals surface area (Å²) >= 11 is 0. The Morgan fingerprint density at radius 2 is 1.62 bits per heavy atom. The second kappa shape index (κ2) is 6.56. The first-order chi connectivity index (χ1) is 10.0. The molecule has 0 aliphatic heterocycles. The lowest BCUT2D eigenvalue weighted by atomic mass is 9.98. The summed E-state index contributed by atoms with van der Waals surface area (Å²) in [5, 5.41) is 12.5. The smallest absolute Gasteiger partial charge is 0.0991 e. The summed E-state index contributed by atoms with van der Waals surface area (Å²) in [7, 11) is 0. The highest BCUT2D eigenvalue weighted by molar-refractivity contribution is 5.34. The molecule has 2 rings (SSSR count). The molecule has 0 aromatic heterocycles. The largest absolute Gasteiger partial charge is 0.304 e. The summed E-state index contributed by atoms with van der Waals surface area (Å²) in [6.07, 6.45) is 0. The van der Waals surface area contributed by atoms with E-state index in [2.05, 4.69) is 57.3 Å². The zero-order chi connectivity index (χ0) is 15.4. The van der Waals surface area contributed by atoms with Crippen molar-refractivity contribution in [3.05, 3.63) is 70.3 Å². The Labute approximate surface area is 127 Å². The van der Waals surface area contributed by atoms with E-state index in [-0.39, 0.29) is 12.1 Å². The van der Waals surface area contributed by atoms with E-state index in [0.717, 1.165) is 0 Å². The Hall–Kier alpha value is -2.11. The quantitative estimate of drug-likeness (QED) is 0.888. The second-order valence-corrected chi connectivity index (χ2v) is 5.70. The summed E-state index contributed by atoms with van der Waals surface area (Å²) in [6.45, 7) is 8.63. The molecule has 2 unspecified atom stereocenters. The molecule has 21 heavy (non-hydrogen) atoms. The standard InChI is InChI=1S/C19H22N2/c1-13-5-6-14(2)19(11-13)16(4)21-15(3)18-9-7-17(12-20)8-10-18/h5-11,15-16,21H,1-4H3. The summed E-state index contributed by atoms with van der Waals surface area (Å²) in [4.78, 5) is 0. The van der Waals surface area contributed by atoms with E-state index in [4.69, 9.17) is 5.26 Å². The Morgan fingerprint density at radius 3 is 2.24 bits per heavy atom. The normalized spacial score (nSPS) is 13.5. The molecule has 2 nitrogen and oxygen atoms in total. The highest BCUT2D eigenvalue weighted by atomic mass is 14.9. The molecule has 2 heteroatoms. The van der Waals surface area contributed by atoms with E-state index in [1.165, 1.54) is 22.3 Å². The fraction of sp³-hybridized carbons (Fsp3) is 0.316. The number of nitriles is 1. The number of nitrogens with zero attached hydrogens (tertiary/aromatic N) is 1. The van der Waals surface area contributed by atoms with Crippen LogP contribution in [0.5, 0.6) is 0 Å². The van der Waals surface area contributed by atoms with Gasteiger partial charge in [0.15, 0.2) is 0 Å². The van der Waals surface area contributed by atoms with Crippen LogP contribution in [0.25, 0.3) is 0 Å². The minimum absolute atomic E-state index is 0.243. The number of aryl methyl sites for hydroxylation is 2. The van der Waals surface area contributed by atoms with Gasteiger partial charge in [0.1, 0.15) is 0 Å². The predicted molar refractivity (Wildman–Crippen MR) is 87.0 cm³/mol. The molecule has 0 bridgehead atoms. The number of benzene rings is 2. The van der Waals surface area contributed by atoms with Gasteiger partial charge in [0.25, 0.3) is 0 Å². The third-order valence-corrected chi connectivity index (χ3v) is 3.94. The molecule has 108 valence electrons. The Bertz CT molecular complexity index is 650. The molecular weight excluding hydrogens is 256 g/mol. The molecule has 0 saturated carbocycles. The van der Waals surface area contributed by atoms with E-state index in [9.17, 15) is 0 Å². The van der Waals surface area contributed by atoms with Gasteiger partial charge in [-0.3, -0.25) is 0 Å². The minimum Gasteiger partial charge on any atom is -0.304 e. The van der Waals surface area contributed by atoms with Crippen LogP contribution in [-0.4, -0.2) is 0 Å².